The van der Waals surface area contributed by atoms with Crippen LogP contribution in [0.25, 0.3) is 0 Å². The van der Waals surface area contributed by atoms with Crippen molar-refractivity contribution in [2.45, 2.75) is 38.3 Å². The second-order valence-corrected chi connectivity index (χ2v) is 4.00. The molecule has 0 spiro atoms. The molecule has 0 aromatic carbocycles. The Bertz CT molecular complexity index is 274. The predicted molar refractivity (Wildman–Crippen MR) is 53.3 cm³/mol. The second kappa shape index (κ2) is 4.18. The van der Waals surface area contributed by atoms with Gasteiger partial charge in [-0.15, -0.1) is 0 Å². The van der Waals surface area contributed by atoms with Crippen LogP contribution in [0.5, 0.6) is 0 Å². The van der Waals surface area contributed by atoms with E-state index in [0.717, 1.165) is 19.4 Å². The normalized spacial score (nSPS) is 31.1. The van der Waals surface area contributed by atoms with Crippen LogP contribution in [0.15, 0.2) is 0 Å². The van der Waals surface area contributed by atoms with E-state index in [0.29, 0.717) is 19.1 Å². The van der Waals surface area contributed by atoms with Gasteiger partial charge < -0.3 is 9.64 Å². The van der Waals surface area contributed by atoms with E-state index in [9.17, 15) is 9.59 Å². The number of ether oxygens (including phenoxy) is 1. The number of imide groups is 1. The van der Waals surface area contributed by atoms with E-state index in [1.54, 1.807) is 4.90 Å². The van der Waals surface area contributed by atoms with Crippen LogP contribution in [0.4, 0.5) is 4.79 Å². The maximum absolute atomic E-state index is 11.5. The minimum Gasteiger partial charge on any atom is -0.378 e. The zero-order valence-electron chi connectivity index (χ0n) is 8.86. The summed E-state index contributed by atoms with van der Waals surface area (Å²) in [6, 6.07) is 0.0147. The van der Waals surface area contributed by atoms with Gasteiger partial charge in [0.15, 0.2) is 0 Å². The van der Waals surface area contributed by atoms with Crippen molar-refractivity contribution in [1.29, 1.82) is 0 Å². The minimum atomic E-state index is -0.244. The Kier molecular flexibility index (Phi) is 2.90. The van der Waals surface area contributed by atoms with Crippen LogP contribution in [0.1, 0.15) is 26.2 Å². The molecule has 1 aliphatic carbocycles. The molecule has 5 heteroatoms. The third kappa shape index (κ3) is 2.12. The zero-order chi connectivity index (χ0) is 10.8. The van der Waals surface area contributed by atoms with Crippen LogP contribution in [0.3, 0.4) is 0 Å². The highest BCUT2D eigenvalue weighted by molar-refractivity contribution is 5.96. The molecule has 15 heavy (non-hydrogen) atoms. The van der Waals surface area contributed by atoms with Crippen molar-refractivity contribution in [2.24, 2.45) is 0 Å². The summed E-state index contributed by atoms with van der Waals surface area (Å²) in [5.74, 6) is -0.170. The molecule has 3 amide bonds. The maximum atomic E-state index is 11.5. The molecule has 0 unspecified atom stereocenters. The Labute approximate surface area is 88.8 Å². The van der Waals surface area contributed by atoms with E-state index in [1.165, 1.54) is 0 Å². The Morgan fingerprint density at radius 1 is 1.47 bits per heavy atom. The Morgan fingerprint density at radius 3 is 2.80 bits per heavy atom. The summed E-state index contributed by atoms with van der Waals surface area (Å²) in [6.07, 6.45) is 2.51. The molecule has 1 heterocycles. The van der Waals surface area contributed by atoms with Gasteiger partial charge in [-0.2, -0.15) is 0 Å². The quantitative estimate of drug-likeness (QED) is 0.741. The summed E-state index contributed by atoms with van der Waals surface area (Å²) in [4.78, 5) is 24.1. The first kappa shape index (κ1) is 10.4. The van der Waals surface area contributed by atoms with E-state index in [1.807, 2.05) is 6.92 Å². The Morgan fingerprint density at radius 2 is 2.20 bits per heavy atom. The lowest BCUT2D eigenvalue weighted by molar-refractivity contribution is -0.122. The van der Waals surface area contributed by atoms with Gasteiger partial charge in [-0.25, -0.2) is 4.79 Å². The van der Waals surface area contributed by atoms with Crippen molar-refractivity contribution in [2.75, 3.05) is 13.2 Å². The van der Waals surface area contributed by atoms with Gasteiger partial charge in [0.1, 0.15) is 0 Å². The average molecular weight is 212 g/mol. The van der Waals surface area contributed by atoms with Gasteiger partial charge >= 0.3 is 6.03 Å². The highest BCUT2D eigenvalue weighted by Crippen LogP contribution is 2.29. The van der Waals surface area contributed by atoms with Crippen molar-refractivity contribution in [3.8, 4) is 0 Å². The second-order valence-electron chi connectivity index (χ2n) is 4.00. The van der Waals surface area contributed by atoms with Crippen LogP contribution >= 0.6 is 0 Å². The molecule has 1 aliphatic heterocycles. The summed E-state index contributed by atoms with van der Waals surface area (Å²) >= 11 is 0. The lowest BCUT2D eigenvalue weighted by atomic mass is 9.87. The van der Waals surface area contributed by atoms with Gasteiger partial charge in [0.2, 0.25) is 5.91 Å². The fourth-order valence-electron chi connectivity index (χ4n) is 2.09. The van der Waals surface area contributed by atoms with E-state index >= 15 is 0 Å². The van der Waals surface area contributed by atoms with Gasteiger partial charge in [-0.1, -0.05) is 0 Å². The van der Waals surface area contributed by atoms with Crippen molar-refractivity contribution in [3.63, 3.8) is 0 Å². The molecule has 1 saturated carbocycles. The van der Waals surface area contributed by atoms with Crippen LogP contribution in [-0.2, 0) is 9.53 Å². The fourth-order valence-corrected chi connectivity index (χ4v) is 2.09. The van der Waals surface area contributed by atoms with Gasteiger partial charge in [-0.3, -0.25) is 10.1 Å². The molecule has 2 fully saturated rings. The van der Waals surface area contributed by atoms with E-state index in [-0.39, 0.29) is 18.0 Å². The van der Waals surface area contributed by atoms with Crippen molar-refractivity contribution >= 4 is 11.9 Å². The molecule has 0 aromatic rings. The summed E-state index contributed by atoms with van der Waals surface area (Å²) < 4.78 is 5.43. The third-order valence-corrected chi connectivity index (χ3v) is 3.00. The largest absolute Gasteiger partial charge is 0.378 e. The first-order chi connectivity index (χ1) is 7.20. The molecule has 0 aromatic heterocycles. The average Bonchev–Trinajstić information content (AvgIpc) is 2.12. The molecule has 84 valence electrons. The molecular formula is C10H16N2O3. The van der Waals surface area contributed by atoms with Crippen LogP contribution < -0.4 is 5.32 Å². The summed E-state index contributed by atoms with van der Waals surface area (Å²) in [5.41, 5.74) is 0. The molecule has 0 radical (unpaired) electrons. The minimum absolute atomic E-state index is 0.170. The van der Waals surface area contributed by atoms with Gasteiger partial charge in [0.25, 0.3) is 0 Å². The first-order valence-electron chi connectivity index (χ1n) is 5.42. The van der Waals surface area contributed by atoms with E-state index < -0.39 is 0 Å². The van der Waals surface area contributed by atoms with Crippen LogP contribution in [0.2, 0.25) is 0 Å². The number of carbonyl (C=O) groups is 2. The summed E-state index contributed by atoms with van der Waals surface area (Å²) in [7, 11) is 0. The third-order valence-electron chi connectivity index (χ3n) is 3.00. The standard InChI is InChI=1S/C10H16N2O3/c1-2-15-8-5-7(6-8)12-4-3-9(13)11-10(12)14/h7-8H,2-6H2,1H3,(H,11,13,14). The number of nitrogens with one attached hydrogen (secondary N) is 1. The molecular weight excluding hydrogens is 196 g/mol. The van der Waals surface area contributed by atoms with E-state index in [4.69, 9.17) is 4.74 Å². The number of hydrogen-bond donors (Lipinski definition) is 1. The fraction of sp³-hybridized carbons (Fsp3) is 0.800. The van der Waals surface area contributed by atoms with Crippen molar-refractivity contribution in [3.05, 3.63) is 0 Å². The van der Waals surface area contributed by atoms with Gasteiger partial charge in [-0.05, 0) is 19.8 Å². The molecule has 0 atom stereocenters. The number of carbonyl (C=O) groups excluding carboxylic acids is 2. The lowest BCUT2D eigenvalue weighted by Gasteiger charge is -2.43. The Hall–Kier alpha value is -1.10. The topological polar surface area (TPSA) is 58.6 Å². The highest BCUT2D eigenvalue weighted by Gasteiger charge is 2.38. The SMILES string of the molecule is CCOC1CC(N2CCC(=O)NC2=O)C1. The number of hydrogen-bond acceptors (Lipinski definition) is 3. The van der Waals surface area contributed by atoms with Gasteiger partial charge in [0.05, 0.1) is 6.10 Å². The predicted octanol–water partition coefficient (Wildman–Crippen LogP) is 0.496. The zero-order valence-corrected chi connectivity index (χ0v) is 8.86. The first-order valence-corrected chi connectivity index (χ1v) is 5.42. The summed E-state index contributed by atoms with van der Waals surface area (Å²) in [5, 5.41) is 2.33. The number of urea groups is 1. The molecule has 1 saturated heterocycles. The number of rotatable bonds is 3. The number of nitrogens with zero attached hydrogens (tertiary/aromatic N) is 1. The molecule has 5 nitrogen and oxygen atoms in total. The lowest BCUT2D eigenvalue weighted by Crippen LogP contribution is -2.58. The van der Waals surface area contributed by atoms with Crippen LogP contribution in [-0.4, -0.2) is 42.1 Å². The monoisotopic (exact) mass is 212 g/mol. The maximum Gasteiger partial charge on any atom is 0.324 e. The molecule has 0 bridgehead atoms. The summed E-state index contributed by atoms with van der Waals surface area (Å²) in [6.45, 7) is 3.25. The highest BCUT2D eigenvalue weighted by atomic mass is 16.5. The molecule has 2 aliphatic rings. The van der Waals surface area contributed by atoms with Crippen molar-refractivity contribution < 1.29 is 14.3 Å². The molecule has 2 rings (SSSR count). The Balaban J connectivity index is 1.81. The number of amides is 3. The molecule has 1 N–H and O–H groups in total. The van der Waals surface area contributed by atoms with Gasteiger partial charge in [0, 0.05) is 25.6 Å². The van der Waals surface area contributed by atoms with Crippen LogP contribution in [0, 0.1) is 0 Å². The van der Waals surface area contributed by atoms with E-state index in [2.05, 4.69) is 5.32 Å². The van der Waals surface area contributed by atoms with Crippen molar-refractivity contribution in [1.82, 2.24) is 10.2 Å². The smallest absolute Gasteiger partial charge is 0.324 e.